The van der Waals surface area contributed by atoms with E-state index >= 15 is 0 Å². The minimum atomic E-state index is -1.41. The highest BCUT2D eigenvalue weighted by atomic mass is 16.6. The van der Waals surface area contributed by atoms with E-state index in [0.717, 1.165) is 0 Å². The second kappa shape index (κ2) is 3.69. The quantitative estimate of drug-likeness (QED) is 0.673. The van der Waals surface area contributed by atoms with Crippen molar-refractivity contribution in [1.29, 1.82) is 0 Å². The summed E-state index contributed by atoms with van der Waals surface area (Å²) in [6.45, 7) is 5.56. The molecule has 1 heterocycles. The topological polar surface area (TPSA) is 63.6 Å². The third kappa shape index (κ3) is 1.49. The summed E-state index contributed by atoms with van der Waals surface area (Å²) in [6.07, 6.45) is 4.58. The number of hydrogen-bond donors (Lipinski definition) is 1. The molecule has 3 rings (SSSR count). The molecule has 0 aromatic carbocycles. The normalized spacial score (nSPS) is 52.6. The fourth-order valence-corrected chi connectivity index (χ4v) is 4.27. The van der Waals surface area contributed by atoms with E-state index in [0.29, 0.717) is 12.8 Å². The van der Waals surface area contributed by atoms with Gasteiger partial charge < -0.3 is 9.84 Å². The summed E-state index contributed by atoms with van der Waals surface area (Å²) in [4.78, 5) is 24.1. The molecular weight excluding hydrogens is 244 g/mol. The highest BCUT2D eigenvalue weighted by Gasteiger charge is 2.63. The van der Waals surface area contributed by atoms with Crippen LogP contribution >= 0.6 is 0 Å². The molecule has 0 aromatic rings. The first-order valence-corrected chi connectivity index (χ1v) is 6.94. The Kier molecular flexibility index (Phi) is 2.50. The monoisotopic (exact) mass is 264 g/mol. The van der Waals surface area contributed by atoms with Crippen molar-refractivity contribution in [1.82, 2.24) is 0 Å². The van der Waals surface area contributed by atoms with Crippen molar-refractivity contribution in [3.05, 3.63) is 12.2 Å². The van der Waals surface area contributed by atoms with Gasteiger partial charge in [-0.2, -0.15) is 0 Å². The fraction of sp³-hybridized carbons (Fsp3) is 0.733. The summed E-state index contributed by atoms with van der Waals surface area (Å²) < 4.78 is 5.46. The Morgan fingerprint density at radius 3 is 2.74 bits per heavy atom. The smallest absolute Gasteiger partial charge is 0.338 e. The summed E-state index contributed by atoms with van der Waals surface area (Å²) in [6, 6.07) is 0. The van der Waals surface area contributed by atoms with Crippen LogP contribution in [0.4, 0.5) is 0 Å². The average molecular weight is 264 g/mol. The molecule has 1 saturated heterocycles. The lowest BCUT2D eigenvalue weighted by molar-refractivity contribution is -0.158. The van der Waals surface area contributed by atoms with Crippen molar-refractivity contribution in [2.45, 2.75) is 45.3 Å². The van der Waals surface area contributed by atoms with Gasteiger partial charge in [0.1, 0.15) is 6.10 Å². The van der Waals surface area contributed by atoms with Gasteiger partial charge in [-0.25, -0.2) is 4.79 Å². The summed E-state index contributed by atoms with van der Waals surface area (Å²) in [5.41, 5.74) is -1.87. The lowest BCUT2D eigenvalue weighted by atomic mass is 9.54. The summed E-state index contributed by atoms with van der Waals surface area (Å²) in [7, 11) is 0. The van der Waals surface area contributed by atoms with Crippen LogP contribution in [0.3, 0.4) is 0 Å². The van der Waals surface area contributed by atoms with Gasteiger partial charge in [-0.05, 0) is 31.8 Å². The van der Waals surface area contributed by atoms with Crippen molar-refractivity contribution in [3.63, 3.8) is 0 Å². The molecule has 104 valence electrons. The highest BCUT2D eigenvalue weighted by Crippen LogP contribution is 2.55. The Morgan fingerprint density at radius 2 is 2.05 bits per heavy atom. The molecule has 0 bridgehead atoms. The number of fused-ring (bicyclic) bond motifs is 3. The van der Waals surface area contributed by atoms with E-state index in [1.54, 1.807) is 6.08 Å². The lowest BCUT2D eigenvalue weighted by Crippen LogP contribution is -2.54. The number of allylic oxidation sites excluding steroid dienone is 2. The Bertz CT molecular complexity index is 479. The van der Waals surface area contributed by atoms with E-state index in [4.69, 9.17) is 4.74 Å². The predicted octanol–water partition coefficient (Wildman–Crippen LogP) is 1.47. The molecule has 0 aromatic heterocycles. The molecule has 4 heteroatoms. The van der Waals surface area contributed by atoms with Crippen molar-refractivity contribution in [3.8, 4) is 0 Å². The molecule has 2 aliphatic carbocycles. The zero-order valence-electron chi connectivity index (χ0n) is 11.6. The molecule has 0 amide bonds. The molecule has 1 aliphatic heterocycles. The van der Waals surface area contributed by atoms with Crippen LogP contribution in [0.1, 0.15) is 33.6 Å². The van der Waals surface area contributed by atoms with E-state index in [1.807, 2.05) is 13.0 Å². The molecule has 19 heavy (non-hydrogen) atoms. The van der Waals surface area contributed by atoms with Crippen molar-refractivity contribution in [2.24, 2.45) is 23.2 Å². The lowest BCUT2D eigenvalue weighted by Gasteiger charge is -2.49. The number of esters is 1. The van der Waals surface area contributed by atoms with Gasteiger partial charge in [0, 0.05) is 17.3 Å². The van der Waals surface area contributed by atoms with Crippen LogP contribution in [-0.4, -0.2) is 28.6 Å². The van der Waals surface area contributed by atoms with E-state index < -0.39 is 17.0 Å². The predicted molar refractivity (Wildman–Crippen MR) is 68.1 cm³/mol. The van der Waals surface area contributed by atoms with E-state index in [9.17, 15) is 14.7 Å². The summed E-state index contributed by atoms with van der Waals surface area (Å²) in [5.74, 6) is -0.462. The largest absolute Gasteiger partial charge is 0.459 e. The van der Waals surface area contributed by atoms with Crippen LogP contribution in [0.5, 0.6) is 0 Å². The first-order valence-electron chi connectivity index (χ1n) is 6.94. The van der Waals surface area contributed by atoms with Gasteiger partial charge in [-0.3, -0.25) is 4.79 Å². The van der Waals surface area contributed by atoms with Crippen LogP contribution in [0.15, 0.2) is 12.2 Å². The zero-order valence-corrected chi connectivity index (χ0v) is 11.6. The minimum absolute atomic E-state index is 0.0262. The second-order valence-electron chi connectivity index (χ2n) is 6.69. The van der Waals surface area contributed by atoms with Crippen molar-refractivity contribution in [2.75, 3.05) is 0 Å². The van der Waals surface area contributed by atoms with Gasteiger partial charge in [-0.1, -0.05) is 19.9 Å². The molecule has 3 aliphatic rings. The summed E-state index contributed by atoms with van der Waals surface area (Å²) >= 11 is 0. The Hall–Kier alpha value is -1.16. The van der Waals surface area contributed by atoms with Crippen LogP contribution < -0.4 is 0 Å². The van der Waals surface area contributed by atoms with Gasteiger partial charge >= 0.3 is 5.97 Å². The minimum Gasteiger partial charge on any atom is -0.459 e. The van der Waals surface area contributed by atoms with Gasteiger partial charge in [-0.15, -0.1) is 0 Å². The first-order chi connectivity index (χ1) is 8.78. The van der Waals surface area contributed by atoms with Crippen molar-refractivity contribution < 1.29 is 19.4 Å². The van der Waals surface area contributed by atoms with Gasteiger partial charge in [0.2, 0.25) is 0 Å². The number of carbonyl (C=O) groups excluding carboxylic acids is 2. The van der Waals surface area contributed by atoms with E-state index in [-0.39, 0.29) is 29.6 Å². The van der Waals surface area contributed by atoms with Crippen LogP contribution in [-0.2, 0) is 14.3 Å². The fourth-order valence-electron chi connectivity index (χ4n) is 4.27. The van der Waals surface area contributed by atoms with Crippen molar-refractivity contribution >= 4 is 11.8 Å². The third-order valence-electron chi connectivity index (χ3n) is 5.52. The highest BCUT2D eigenvalue weighted by molar-refractivity contribution is 5.96. The summed E-state index contributed by atoms with van der Waals surface area (Å²) in [5, 5.41) is 10.3. The molecule has 0 spiro atoms. The number of carbonyl (C=O) groups is 2. The van der Waals surface area contributed by atoms with E-state index in [1.165, 1.54) is 6.92 Å². The maximum absolute atomic E-state index is 12.2. The maximum atomic E-state index is 12.2. The molecule has 6 atom stereocenters. The molecule has 4 nitrogen and oxygen atoms in total. The average Bonchev–Trinajstić information content (AvgIpc) is 2.55. The molecule has 0 unspecified atom stereocenters. The van der Waals surface area contributed by atoms with Gasteiger partial charge in [0.05, 0.1) is 0 Å². The number of rotatable bonds is 0. The van der Waals surface area contributed by atoms with Crippen LogP contribution in [0.25, 0.3) is 0 Å². The number of hydrogen-bond acceptors (Lipinski definition) is 4. The Labute approximate surface area is 112 Å². The molecule has 2 fully saturated rings. The molecule has 1 saturated carbocycles. The number of aliphatic hydroxyl groups is 1. The SMILES string of the molecule is C[C@H]1C=CC(=O)[C@@]2(C)CC[C@@H]3[C@@H](OC(=O)[C@@]3(C)O)[C@H]12. The van der Waals surface area contributed by atoms with Gasteiger partial charge in [0.25, 0.3) is 0 Å². The Balaban J connectivity index is 2.04. The van der Waals surface area contributed by atoms with Gasteiger partial charge in [0.15, 0.2) is 11.4 Å². The third-order valence-corrected chi connectivity index (χ3v) is 5.52. The number of ketones is 1. The van der Waals surface area contributed by atoms with E-state index in [2.05, 4.69) is 6.92 Å². The number of ether oxygens (including phenoxy) is 1. The maximum Gasteiger partial charge on any atom is 0.338 e. The van der Waals surface area contributed by atoms with Crippen LogP contribution in [0.2, 0.25) is 0 Å². The molecular formula is C15H20O4. The molecule has 1 N–H and O–H groups in total. The first kappa shape index (κ1) is 12.9. The molecule has 0 radical (unpaired) electrons. The standard InChI is InChI=1S/C15H20O4/c1-8-4-5-10(16)14(2)7-6-9-12(11(8)14)19-13(17)15(9,3)18/h4-5,8-9,11-12,18H,6-7H2,1-3H3/t8-,9+,11-,12+,14+,15-/m0/s1. The zero-order chi connectivity index (χ0) is 14.0. The Morgan fingerprint density at radius 1 is 1.37 bits per heavy atom. The van der Waals surface area contributed by atoms with Crippen LogP contribution in [0, 0.1) is 23.2 Å². The second-order valence-corrected chi connectivity index (χ2v) is 6.69.